The molecule has 2 unspecified atom stereocenters. The second-order valence-electron chi connectivity index (χ2n) is 5.04. The first-order chi connectivity index (χ1) is 9.85. The van der Waals surface area contributed by atoms with Crippen molar-refractivity contribution in [1.82, 2.24) is 4.90 Å². The Kier molecular flexibility index (Phi) is 6.86. The van der Waals surface area contributed by atoms with Gasteiger partial charge in [-0.25, -0.2) is 0 Å². The number of nitrogens with two attached hydrogens (primary N) is 1. The lowest BCUT2D eigenvalue weighted by atomic mass is 10.1. The molecule has 0 aromatic carbocycles. The van der Waals surface area contributed by atoms with E-state index >= 15 is 0 Å². The van der Waals surface area contributed by atoms with Gasteiger partial charge in [-0.1, -0.05) is 0 Å². The minimum atomic E-state index is -1.25. The molecule has 0 saturated carbocycles. The van der Waals surface area contributed by atoms with Crippen molar-refractivity contribution in [2.45, 2.75) is 30.8 Å². The van der Waals surface area contributed by atoms with E-state index in [2.05, 4.69) is 17.6 Å². The van der Waals surface area contributed by atoms with Crippen molar-refractivity contribution in [1.29, 1.82) is 0 Å². The predicted molar refractivity (Wildman–Crippen MR) is 85.4 cm³/mol. The molecule has 7 nitrogen and oxygen atoms in total. The quantitative estimate of drug-likeness (QED) is 0.250. The largest absolute Gasteiger partial charge is 0.464 e. The molecule has 1 aromatic heterocycles. The number of nitro groups is 1. The Balaban J connectivity index is 2.58. The number of hydrogen-bond acceptors (Lipinski definition) is 7. The minimum absolute atomic E-state index is 0.142. The third kappa shape index (κ3) is 5.49. The Hall–Kier alpha value is -1.38. The molecular weight excluding hydrogens is 292 g/mol. The van der Waals surface area contributed by atoms with Crippen molar-refractivity contribution >= 4 is 18.3 Å². The van der Waals surface area contributed by atoms with Crippen molar-refractivity contribution in [2.24, 2.45) is 10.7 Å². The van der Waals surface area contributed by atoms with Gasteiger partial charge < -0.3 is 9.32 Å². The average molecular weight is 314 g/mol. The van der Waals surface area contributed by atoms with Crippen molar-refractivity contribution in [3.05, 3.63) is 33.8 Å². The lowest BCUT2D eigenvalue weighted by Crippen LogP contribution is -2.38. The Bertz CT molecular complexity index is 501. The molecule has 8 heteroatoms. The zero-order chi connectivity index (χ0) is 16.0. The smallest absolute Gasteiger partial charge is 0.301 e. The van der Waals surface area contributed by atoms with E-state index in [9.17, 15) is 10.1 Å². The number of rotatable bonds is 8. The summed E-state index contributed by atoms with van der Waals surface area (Å²) >= 11 is 4.48. The fourth-order valence-electron chi connectivity index (χ4n) is 1.91. The molecule has 0 aliphatic rings. The van der Waals surface area contributed by atoms with Gasteiger partial charge in [0.15, 0.2) is 0 Å². The summed E-state index contributed by atoms with van der Waals surface area (Å²) < 4.78 is 5.71. The van der Waals surface area contributed by atoms with E-state index in [0.29, 0.717) is 25.1 Å². The van der Waals surface area contributed by atoms with E-state index in [-0.39, 0.29) is 5.25 Å². The summed E-state index contributed by atoms with van der Waals surface area (Å²) in [5.41, 5.74) is 5.83. The van der Waals surface area contributed by atoms with Crippen LogP contribution in [0.25, 0.3) is 0 Å². The summed E-state index contributed by atoms with van der Waals surface area (Å²) in [6, 6.07) is 3.79. The Morgan fingerprint density at radius 1 is 1.57 bits per heavy atom. The summed E-state index contributed by atoms with van der Waals surface area (Å²) in [4.78, 5) is 16.0. The molecule has 0 aliphatic heterocycles. The predicted octanol–water partition coefficient (Wildman–Crippen LogP) is 1.72. The van der Waals surface area contributed by atoms with Crippen LogP contribution in [0.1, 0.15) is 29.6 Å². The fourth-order valence-corrected chi connectivity index (χ4v) is 2.18. The maximum atomic E-state index is 10.7. The molecule has 21 heavy (non-hydrogen) atoms. The first-order valence-corrected chi connectivity index (χ1v) is 7.12. The lowest BCUT2D eigenvalue weighted by Gasteiger charge is -2.11. The lowest BCUT2D eigenvalue weighted by molar-refractivity contribution is -0.501. The van der Waals surface area contributed by atoms with Crippen LogP contribution in [-0.4, -0.2) is 42.8 Å². The topological polar surface area (TPSA) is 97.9 Å². The van der Waals surface area contributed by atoms with Crippen LogP contribution >= 0.6 is 12.6 Å². The molecule has 2 atom stereocenters. The summed E-state index contributed by atoms with van der Waals surface area (Å²) in [6.45, 7) is 0.717. The molecule has 0 aliphatic carbocycles. The highest BCUT2D eigenvalue weighted by molar-refractivity contribution is 7.80. The Labute approximate surface area is 129 Å². The van der Waals surface area contributed by atoms with E-state index in [1.807, 2.05) is 31.1 Å². The van der Waals surface area contributed by atoms with Crippen molar-refractivity contribution in [3.63, 3.8) is 0 Å². The van der Waals surface area contributed by atoms with Gasteiger partial charge in [-0.2, -0.15) is 12.6 Å². The summed E-state index contributed by atoms with van der Waals surface area (Å²) in [5, 5.41) is 10.5. The van der Waals surface area contributed by atoms with Crippen LogP contribution in [0, 0.1) is 10.1 Å². The van der Waals surface area contributed by atoms with Crippen molar-refractivity contribution < 1.29 is 9.34 Å². The molecule has 1 aromatic rings. The number of aliphatic imine (C=N–C) groups is 1. The maximum absolute atomic E-state index is 10.7. The fraction of sp³-hybridized carbons (Fsp3) is 0.615. The van der Waals surface area contributed by atoms with E-state index in [4.69, 9.17) is 10.2 Å². The van der Waals surface area contributed by atoms with E-state index < -0.39 is 11.1 Å². The number of nitrogens with zero attached hydrogens (tertiary/aromatic N) is 3. The van der Waals surface area contributed by atoms with Crippen LogP contribution in [0.3, 0.4) is 0 Å². The van der Waals surface area contributed by atoms with Gasteiger partial charge in [-0.05, 0) is 39.1 Å². The Morgan fingerprint density at radius 2 is 2.24 bits per heavy atom. The second-order valence-corrected chi connectivity index (χ2v) is 5.66. The molecule has 0 spiro atoms. The van der Waals surface area contributed by atoms with E-state index in [1.54, 1.807) is 0 Å². The minimum Gasteiger partial charge on any atom is -0.464 e. The van der Waals surface area contributed by atoms with Gasteiger partial charge >= 0.3 is 6.17 Å². The first kappa shape index (κ1) is 17.7. The van der Waals surface area contributed by atoms with Crippen LogP contribution in [0.2, 0.25) is 0 Å². The zero-order valence-corrected chi connectivity index (χ0v) is 13.4. The second kappa shape index (κ2) is 8.16. The molecule has 0 amide bonds. The summed E-state index contributed by atoms with van der Waals surface area (Å²) in [6.07, 6.45) is -0.264. The third-order valence-electron chi connectivity index (χ3n) is 3.01. The summed E-state index contributed by atoms with van der Waals surface area (Å²) in [7, 11) is 5.43. The van der Waals surface area contributed by atoms with Crippen LogP contribution in [0.5, 0.6) is 0 Å². The molecule has 1 rings (SSSR count). The standard InChI is InChI=1S/C13H22N4O3S/c1-15-10(13(14)17(18)19)5-7-12(21)11-6-4-9(20-11)8-16(2)3/h4,6,12-13,21H,5,7-8,14H2,1-3H3. The van der Waals surface area contributed by atoms with Gasteiger partial charge in [0.1, 0.15) is 17.2 Å². The Morgan fingerprint density at radius 3 is 2.76 bits per heavy atom. The number of furan rings is 1. The van der Waals surface area contributed by atoms with Crippen LogP contribution in [-0.2, 0) is 6.54 Å². The molecule has 0 fully saturated rings. The third-order valence-corrected chi connectivity index (χ3v) is 3.53. The summed E-state index contributed by atoms with van der Waals surface area (Å²) in [5.74, 6) is 1.61. The molecule has 0 radical (unpaired) electrons. The van der Waals surface area contributed by atoms with Crippen molar-refractivity contribution in [2.75, 3.05) is 21.1 Å². The molecule has 2 N–H and O–H groups in total. The number of thiol groups is 1. The van der Waals surface area contributed by atoms with Gasteiger partial charge in [0.2, 0.25) is 0 Å². The molecule has 0 saturated heterocycles. The van der Waals surface area contributed by atoms with Gasteiger partial charge in [-0.15, -0.1) is 0 Å². The highest BCUT2D eigenvalue weighted by Crippen LogP contribution is 2.27. The van der Waals surface area contributed by atoms with Gasteiger partial charge in [0, 0.05) is 12.0 Å². The van der Waals surface area contributed by atoms with Crippen LogP contribution in [0.15, 0.2) is 21.5 Å². The van der Waals surface area contributed by atoms with Gasteiger partial charge in [0.05, 0.1) is 11.8 Å². The molecule has 118 valence electrons. The molecule has 0 bridgehead atoms. The molecular formula is C13H22N4O3S. The monoisotopic (exact) mass is 314 g/mol. The highest BCUT2D eigenvalue weighted by Gasteiger charge is 2.22. The van der Waals surface area contributed by atoms with Crippen LogP contribution < -0.4 is 5.73 Å². The zero-order valence-electron chi connectivity index (χ0n) is 12.5. The molecule has 1 heterocycles. The van der Waals surface area contributed by atoms with E-state index in [1.165, 1.54) is 7.05 Å². The first-order valence-electron chi connectivity index (χ1n) is 6.61. The average Bonchev–Trinajstić information content (AvgIpc) is 2.86. The van der Waals surface area contributed by atoms with Gasteiger partial charge in [0.25, 0.3) is 0 Å². The van der Waals surface area contributed by atoms with Gasteiger partial charge in [-0.3, -0.25) is 20.8 Å². The van der Waals surface area contributed by atoms with Crippen LogP contribution in [0.4, 0.5) is 0 Å². The highest BCUT2D eigenvalue weighted by atomic mass is 32.1. The van der Waals surface area contributed by atoms with Crippen molar-refractivity contribution in [3.8, 4) is 0 Å². The SMILES string of the molecule is CN=C(CCC(S)c1ccc(CN(C)C)o1)C(N)[N+](=O)[O-]. The van der Waals surface area contributed by atoms with E-state index in [0.717, 1.165) is 11.5 Å². The normalized spacial score (nSPS) is 15.2. The maximum Gasteiger partial charge on any atom is 0.301 e. The number of hydrogen-bond donors (Lipinski definition) is 2.